The molecule has 6 heteroatoms. The zero-order valence-electron chi connectivity index (χ0n) is 11.9. The monoisotopic (exact) mass is 330 g/mol. The first-order valence-corrected chi connectivity index (χ1v) is 8.47. The predicted octanol–water partition coefficient (Wildman–Crippen LogP) is 3.67. The summed E-state index contributed by atoms with van der Waals surface area (Å²) < 4.78 is 1.24. The summed E-state index contributed by atoms with van der Waals surface area (Å²) >= 11 is 7.99. The number of hydrogen-bond donors (Lipinski definition) is 0. The van der Waals surface area contributed by atoms with E-state index in [1.807, 2.05) is 18.2 Å². The summed E-state index contributed by atoms with van der Waals surface area (Å²) in [6.45, 7) is 3.69. The maximum atomic E-state index is 6.24. The fourth-order valence-electron chi connectivity index (χ4n) is 2.71. The number of halogens is 1. The van der Waals surface area contributed by atoms with Crippen LogP contribution in [0.2, 0.25) is 5.02 Å². The highest BCUT2D eigenvalue weighted by Crippen LogP contribution is 2.30. The molecule has 0 bridgehead atoms. The van der Waals surface area contributed by atoms with Gasteiger partial charge >= 0.3 is 0 Å². The molecule has 4 nitrogen and oxygen atoms in total. The Morgan fingerprint density at radius 2 is 1.73 bits per heavy atom. The first-order valence-electron chi connectivity index (χ1n) is 7.27. The number of thiazole rings is 1. The SMILES string of the molecule is Clc1cccnc1N1CCN(c2nc3ccccc3s2)CC1. The molecule has 22 heavy (non-hydrogen) atoms. The third-order valence-corrected chi connectivity index (χ3v) is 5.26. The van der Waals surface area contributed by atoms with Gasteiger partial charge in [0, 0.05) is 32.4 Å². The van der Waals surface area contributed by atoms with Gasteiger partial charge in [-0.25, -0.2) is 9.97 Å². The minimum atomic E-state index is 0.718. The van der Waals surface area contributed by atoms with Gasteiger partial charge in [0.05, 0.1) is 15.2 Å². The van der Waals surface area contributed by atoms with E-state index < -0.39 is 0 Å². The summed E-state index contributed by atoms with van der Waals surface area (Å²) in [6.07, 6.45) is 1.79. The standard InChI is InChI=1S/C16H15ClN4S/c17-12-4-3-7-18-15(12)20-8-10-21(11-9-20)16-19-13-5-1-2-6-14(13)22-16/h1-7H,8-11H2. The van der Waals surface area contributed by atoms with Gasteiger partial charge in [-0.15, -0.1) is 0 Å². The number of benzene rings is 1. The van der Waals surface area contributed by atoms with Gasteiger partial charge in [-0.3, -0.25) is 0 Å². The average molecular weight is 331 g/mol. The second-order valence-electron chi connectivity index (χ2n) is 5.25. The molecule has 0 spiro atoms. The maximum absolute atomic E-state index is 6.24. The van der Waals surface area contributed by atoms with E-state index in [0.717, 1.165) is 47.7 Å². The van der Waals surface area contributed by atoms with Gasteiger partial charge in [-0.05, 0) is 24.3 Å². The largest absolute Gasteiger partial charge is 0.352 e. The molecule has 0 saturated carbocycles. The van der Waals surface area contributed by atoms with Crippen LogP contribution < -0.4 is 9.80 Å². The van der Waals surface area contributed by atoms with Crippen molar-refractivity contribution < 1.29 is 0 Å². The summed E-state index contributed by atoms with van der Waals surface area (Å²) in [4.78, 5) is 13.7. The quantitative estimate of drug-likeness (QED) is 0.717. The molecular formula is C16H15ClN4S. The summed E-state index contributed by atoms with van der Waals surface area (Å²) in [5.74, 6) is 0.883. The van der Waals surface area contributed by atoms with Gasteiger partial charge in [0.15, 0.2) is 5.13 Å². The molecule has 1 aliphatic rings. The molecule has 2 aromatic heterocycles. The molecule has 4 rings (SSSR count). The highest BCUT2D eigenvalue weighted by Gasteiger charge is 2.21. The van der Waals surface area contributed by atoms with Gasteiger partial charge in [-0.1, -0.05) is 35.1 Å². The van der Waals surface area contributed by atoms with E-state index in [1.165, 1.54) is 4.70 Å². The minimum absolute atomic E-state index is 0.718. The molecule has 1 aliphatic heterocycles. The predicted molar refractivity (Wildman–Crippen MR) is 93.3 cm³/mol. The Bertz CT molecular complexity index is 762. The Morgan fingerprint density at radius 3 is 2.50 bits per heavy atom. The highest BCUT2D eigenvalue weighted by molar-refractivity contribution is 7.22. The van der Waals surface area contributed by atoms with E-state index in [9.17, 15) is 0 Å². The molecule has 0 aliphatic carbocycles. The number of aromatic nitrogens is 2. The topological polar surface area (TPSA) is 32.3 Å². The van der Waals surface area contributed by atoms with E-state index in [0.29, 0.717) is 0 Å². The van der Waals surface area contributed by atoms with Crippen molar-refractivity contribution in [2.75, 3.05) is 36.0 Å². The molecule has 1 aromatic carbocycles. The van der Waals surface area contributed by atoms with E-state index in [1.54, 1.807) is 17.5 Å². The smallest absolute Gasteiger partial charge is 0.186 e. The highest BCUT2D eigenvalue weighted by atomic mass is 35.5. The maximum Gasteiger partial charge on any atom is 0.186 e. The van der Waals surface area contributed by atoms with E-state index >= 15 is 0 Å². The minimum Gasteiger partial charge on any atom is -0.352 e. The van der Waals surface area contributed by atoms with Gasteiger partial charge < -0.3 is 9.80 Å². The van der Waals surface area contributed by atoms with Gasteiger partial charge in [0.1, 0.15) is 5.82 Å². The van der Waals surface area contributed by atoms with Crippen LogP contribution in [0.4, 0.5) is 10.9 Å². The van der Waals surface area contributed by atoms with Crippen LogP contribution in [0.5, 0.6) is 0 Å². The number of para-hydroxylation sites is 1. The summed E-state index contributed by atoms with van der Waals surface area (Å²) in [6, 6.07) is 12.0. The van der Waals surface area contributed by atoms with Crippen LogP contribution in [0.1, 0.15) is 0 Å². The molecule has 0 unspecified atom stereocenters. The number of nitrogens with zero attached hydrogens (tertiary/aromatic N) is 4. The number of pyridine rings is 1. The second kappa shape index (κ2) is 5.74. The number of rotatable bonds is 2. The van der Waals surface area contributed by atoms with Gasteiger partial charge in [0.2, 0.25) is 0 Å². The molecule has 112 valence electrons. The lowest BCUT2D eigenvalue weighted by Crippen LogP contribution is -2.46. The first-order chi connectivity index (χ1) is 10.8. The van der Waals surface area contributed by atoms with Crippen LogP contribution in [-0.2, 0) is 0 Å². The van der Waals surface area contributed by atoms with Crippen molar-refractivity contribution in [1.82, 2.24) is 9.97 Å². The van der Waals surface area contributed by atoms with Crippen LogP contribution in [0.15, 0.2) is 42.6 Å². The fraction of sp³-hybridized carbons (Fsp3) is 0.250. The van der Waals surface area contributed by atoms with Crippen LogP contribution in [0.3, 0.4) is 0 Å². The summed E-state index contributed by atoms with van der Waals surface area (Å²) in [5.41, 5.74) is 1.08. The van der Waals surface area contributed by atoms with Crippen molar-refractivity contribution in [2.24, 2.45) is 0 Å². The molecular weight excluding hydrogens is 316 g/mol. The van der Waals surface area contributed by atoms with Gasteiger partial charge in [-0.2, -0.15) is 0 Å². The molecule has 0 N–H and O–H groups in total. The lowest BCUT2D eigenvalue weighted by atomic mass is 10.3. The summed E-state index contributed by atoms with van der Waals surface area (Å²) in [7, 11) is 0. The zero-order chi connectivity index (χ0) is 14.9. The first kappa shape index (κ1) is 13.8. The van der Waals surface area contributed by atoms with E-state index in [4.69, 9.17) is 16.6 Å². The molecule has 3 heterocycles. The van der Waals surface area contributed by atoms with Crippen LogP contribution >= 0.6 is 22.9 Å². The Labute approximate surface area is 138 Å². The molecule has 1 fully saturated rings. The number of hydrogen-bond acceptors (Lipinski definition) is 5. The average Bonchev–Trinajstić information content (AvgIpc) is 2.99. The Balaban J connectivity index is 1.51. The zero-order valence-corrected chi connectivity index (χ0v) is 13.5. The summed E-state index contributed by atoms with van der Waals surface area (Å²) in [5, 5.41) is 1.82. The lowest BCUT2D eigenvalue weighted by molar-refractivity contribution is 0.646. The van der Waals surface area contributed by atoms with E-state index in [-0.39, 0.29) is 0 Å². The Kier molecular flexibility index (Phi) is 3.60. The van der Waals surface area contributed by atoms with Crippen molar-refractivity contribution in [2.45, 2.75) is 0 Å². The molecule has 0 atom stereocenters. The third-order valence-electron chi connectivity index (χ3n) is 3.87. The number of fused-ring (bicyclic) bond motifs is 1. The second-order valence-corrected chi connectivity index (χ2v) is 6.66. The van der Waals surface area contributed by atoms with Crippen molar-refractivity contribution in [3.05, 3.63) is 47.6 Å². The van der Waals surface area contributed by atoms with Crippen molar-refractivity contribution in [3.63, 3.8) is 0 Å². The van der Waals surface area contributed by atoms with Crippen molar-refractivity contribution in [1.29, 1.82) is 0 Å². The Morgan fingerprint density at radius 1 is 0.955 bits per heavy atom. The van der Waals surface area contributed by atoms with E-state index in [2.05, 4.69) is 33.0 Å². The fourth-order valence-corrected chi connectivity index (χ4v) is 3.97. The Hall–Kier alpha value is -1.85. The van der Waals surface area contributed by atoms with Crippen LogP contribution in [0.25, 0.3) is 10.2 Å². The lowest BCUT2D eigenvalue weighted by Gasteiger charge is -2.35. The number of piperazine rings is 1. The van der Waals surface area contributed by atoms with Crippen LogP contribution in [0, 0.1) is 0 Å². The number of anilines is 2. The molecule has 1 saturated heterocycles. The third kappa shape index (κ3) is 2.51. The molecule has 0 radical (unpaired) electrons. The molecule has 3 aromatic rings. The normalized spacial score (nSPS) is 15.5. The van der Waals surface area contributed by atoms with Crippen LogP contribution in [-0.4, -0.2) is 36.1 Å². The van der Waals surface area contributed by atoms with Crippen molar-refractivity contribution >= 4 is 44.1 Å². The van der Waals surface area contributed by atoms with Gasteiger partial charge in [0.25, 0.3) is 0 Å². The molecule has 0 amide bonds. The van der Waals surface area contributed by atoms with Crippen molar-refractivity contribution in [3.8, 4) is 0 Å².